The Morgan fingerprint density at radius 3 is 2.83 bits per heavy atom. The molecule has 0 spiro atoms. The molecule has 0 aliphatic carbocycles. The van der Waals surface area contributed by atoms with Gasteiger partial charge in [-0.15, -0.1) is 0 Å². The van der Waals surface area contributed by atoms with Crippen LogP contribution < -0.4 is 0 Å². The number of aryl methyl sites for hydroxylation is 1. The van der Waals surface area contributed by atoms with Gasteiger partial charge in [0.1, 0.15) is 0 Å². The molecule has 1 aromatic carbocycles. The summed E-state index contributed by atoms with van der Waals surface area (Å²) in [6.45, 7) is 2.04. The fourth-order valence-corrected chi connectivity index (χ4v) is 3.14. The number of hydrogen-bond donors (Lipinski definition) is 1. The van der Waals surface area contributed by atoms with E-state index in [2.05, 4.69) is 20.9 Å². The van der Waals surface area contributed by atoms with E-state index in [0.29, 0.717) is 11.3 Å². The fraction of sp³-hybridized carbons (Fsp3) is 0.364. The molecule has 0 amide bonds. The third kappa shape index (κ3) is 2.84. The molecule has 2 aromatic rings. The number of rotatable bonds is 4. The van der Waals surface area contributed by atoms with E-state index in [-0.39, 0.29) is 11.5 Å². The number of nitrogens with zero attached hydrogens (tertiary/aromatic N) is 1. The lowest BCUT2D eigenvalue weighted by Crippen LogP contribution is -2.14. The molecule has 98 valence electrons. The van der Waals surface area contributed by atoms with Gasteiger partial charge < -0.3 is 9.55 Å². The number of hydrogen-bond acceptors (Lipinski definition) is 3. The molecule has 0 radical (unpaired) electrons. The lowest BCUT2D eigenvalue weighted by Gasteiger charge is -2.04. The largest absolute Gasteiger partial charge is 0.331 e. The van der Waals surface area contributed by atoms with Gasteiger partial charge in [-0.2, -0.15) is 0 Å². The normalized spacial score (nSPS) is 12.1. The van der Waals surface area contributed by atoms with Gasteiger partial charge in [0.15, 0.2) is 14.6 Å². The molecule has 0 atom stereocenters. The Morgan fingerprint density at radius 1 is 1.44 bits per heavy atom. The Morgan fingerprint density at radius 2 is 2.17 bits per heavy atom. The zero-order valence-electron chi connectivity index (χ0n) is 9.81. The van der Waals surface area contributed by atoms with Crippen LogP contribution in [0.5, 0.6) is 0 Å². The molecule has 2 rings (SSSR count). The molecular weight excluding hydrogens is 336 g/mol. The molecule has 0 unspecified atom stereocenters. The van der Waals surface area contributed by atoms with Gasteiger partial charge in [-0.3, -0.25) is 0 Å². The predicted octanol–water partition coefficient (Wildman–Crippen LogP) is 2.90. The number of halogens is 1. The van der Waals surface area contributed by atoms with Gasteiger partial charge in [-0.25, -0.2) is 8.42 Å². The molecule has 0 bridgehead atoms. The number of aromatic amines is 1. The number of nitrogens with one attached hydrogen (secondary N) is 1. The van der Waals surface area contributed by atoms with Gasteiger partial charge in [0.2, 0.25) is 0 Å². The summed E-state index contributed by atoms with van der Waals surface area (Å²) in [5.41, 5.74) is 1.83. The summed E-state index contributed by atoms with van der Waals surface area (Å²) < 4.78 is 26.4. The second kappa shape index (κ2) is 5.14. The minimum atomic E-state index is -2.98. The van der Waals surface area contributed by atoms with Crippen molar-refractivity contribution in [1.82, 2.24) is 9.55 Å². The van der Waals surface area contributed by atoms with E-state index in [9.17, 15) is 8.42 Å². The molecule has 0 aliphatic heterocycles. The molecule has 0 saturated heterocycles. The second-order valence-electron chi connectivity index (χ2n) is 3.98. The van der Waals surface area contributed by atoms with Gasteiger partial charge in [-0.05, 0) is 30.4 Å². The van der Waals surface area contributed by atoms with Crippen molar-refractivity contribution in [3.63, 3.8) is 0 Å². The number of sulfone groups is 1. The van der Waals surface area contributed by atoms with Crippen molar-refractivity contribution in [2.75, 3.05) is 11.5 Å². The van der Waals surface area contributed by atoms with E-state index >= 15 is 0 Å². The first-order chi connectivity index (χ1) is 8.43. The van der Waals surface area contributed by atoms with Crippen LogP contribution in [0.25, 0.3) is 11.0 Å². The average Bonchev–Trinajstić information content (AvgIpc) is 2.61. The minimum Gasteiger partial charge on any atom is -0.331 e. The van der Waals surface area contributed by atoms with E-state index in [1.807, 2.05) is 22.8 Å². The molecule has 1 N–H and O–H groups in total. The maximum atomic E-state index is 11.5. The first kappa shape index (κ1) is 13.8. The highest BCUT2D eigenvalue weighted by Gasteiger charge is 2.10. The van der Waals surface area contributed by atoms with Crippen molar-refractivity contribution >= 4 is 49.0 Å². The van der Waals surface area contributed by atoms with Gasteiger partial charge >= 0.3 is 0 Å². The fourth-order valence-electron chi connectivity index (χ4n) is 1.73. The van der Waals surface area contributed by atoms with Gasteiger partial charge in [-0.1, -0.05) is 22.9 Å². The summed E-state index contributed by atoms with van der Waals surface area (Å²) in [7, 11) is -2.98. The lowest BCUT2D eigenvalue weighted by atomic mass is 10.3. The molecule has 0 saturated carbocycles. The highest BCUT2D eigenvalue weighted by molar-refractivity contribution is 9.10. The Bertz CT molecular complexity index is 731. The molecule has 0 aliphatic rings. The van der Waals surface area contributed by atoms with Crippen molar-refractivity contribution in [3.8, 4) is 0 Å². The van der Waals surface area contributed by atoms with Crippen LogP contribution in [0.2, 0.25) is 0 Å². The number of aromatic nitrogens is 2. The SMILES string of the molecule is CCS(=O)(=O)CCn1c(=S)[nH]c2cc(Br)ccc21. The van der Waals surface area contributed by atoms with Crippen LogP contribution in [-0.4, -0.2) is 29.5 Å². The summed E-state index contributed by atoms with van der Waals surface area (Å²) in [6.07, 6.45) is 0. The number of imidazole rings is 1. The summed E-state index contributed by atoms with van der Waals surface area (Å²) in [6, 6.07) is 5.76. The van der Waals surface area contributed by atoms with Crippen molar-refractivity contribution < 1.29 is 8.42 Å². The van der Waals surface area contributed by atoms with Crippen LogP contribution in [0.1, 0.15) is 6.92 Å². The van der Waals surface area contributed by atoms with E-state index in [0.717, 1.165) is 15.5 Å². The Kier molecular flexibility index (Phi) is 3.93. The maximum Gasteiger partial charge on any atom is 0.178 e. The van der Waals surface area contributed by atoms with Crippen LogP contribution in [0.3, 0.4) is 0 Å². The highest BCUT2D eigenvalue weighted by Crippen LogP contribution is 2.19. The van der Waals surface area contributed by atoms with Crippen molar-refractivity contribution in [2.24, 2.45) is 0 Å². The lowest BCUT2D eigenvalue weighted by molar-refractivity contribution is 0.590. The Labute approximate surface area is 119 Å². The number of H-pyrrole nitrogens is 1. The van der Waals surface area contributed by atoms with Crippen molar-refractivity contribution in [1.29, 1.82) is 0 Å². The van der Waals surface area contributed by atoms with Crippen molar-refractivity contribution in [2.45, 2.75) is 13.5 Å². The zero-order chi connectivity index (χ0) is 13.3. The number of fused-ring (bicyclic) bond motifs is 1. The first-order valence-corrected chi connectivity index (χ1v) is 8.53. The molecular formula is C11H13BrN2O2S2. The summed E-state index contributed by atoms with van der Waals surface area (Å²) in [5.74, 6) is 0.273. The van der Waals surface area contributed by atoms with Crippen LogP contribution >= 0.6 is 28.1 Å². The Hall–Kier alpha value is -0.660. The minimum absolute atomic E-state index is 0.112. The first-order valence-electron chi connectivity index (χ1n) is 5.51. The summed E-state index contributed by atoms with van der Waals surface area (Å²) in [5, 5.41) is 0. The second-order valence-corrected chi connectivity index (χ2v) is 7.75. The third-order valence-electron chi connectivity index (χ3n) is 2.80. The van der Waals surface area contributed by atoms with Gasteiger partial charge in [0, 0.05) is 16.8 Å². The van der Waals surface area contributed by atoms with E-state index in [1.54, 1.807) is 6.92 Å². The predicted molar refractivity (Wildman–Crippen MR) is 79.2 cm³/mol. The van der Waals surface area contributed by atoms with E-state index < -0.39 is 9.84 Å². The number of benzene rings is 1. The van der Waals surface area contributed by atoms with E-state index in [1.165, 1.54) is 0 Å². The van der Waals surface area contributed by atoms with Gasteiger partial charge in [0.05, 0.1) is 16.8 Å². The van der Waals surface area contributed by atoms with Crippen LogP contribution in [0.15, 0.2) is 22.7 Å². The molecule has 1 aromatic heterocycles. The van der Waals surface area contributed by atoms with Crippen molar-refractivity contribution in [3.05, 3.63) is 27.4 Å². The Balaban J connectivity index is 2.40. The van der Waals surface area contributed by atoms with Crippen LogP contribution in [0, 0.1) is 4.77 Å². The molecule has 18 heavy (non-hydrogen) atoms. The molecule has 0 fully saturated rings. The van der Waals surface area contributed by atoms with Gasteiger partial charge in [0.25, 0.3) is 0 Å². The quantitative estimate of drug-likeness (QED) is 0.864. The highest BCUT2D eigenvalue weighted by atomic mass is 79.9. The smallest absolute Gasteiger partial charge is 0.178 e. The third-order valence-corrected chi connectivity index (χ3v) is 5.30. The summed E-state index contributed by atoms with van der Waals surface area (Å²) >= 11 is 8.61. The average molecular weight is 349 g/mol. The van der Waals surface area contributed by atoms with Crippen LogP contribution in [-0.2, 0) is 16.4 Å². The maximum absolute atomic E-state index is 11.5. The monoisotopic (exact) mass is 348 g/mol. The standard InChI is InChI=1S/C11H13BrN2O2S2/c1-2-18(15,16)6-5-14-10-4-3-8(12)7-9(10)13-11(14)17/h3-4,7H,2,5-6H2,1H3,(H,13,17). The zero-order valence-corrected chi connectivity index (χ0v) is 13.0. The molecule has 7 heteroatoms. The van der Waals surface area contributed by atoms with E-state index in [4.69, 9.17) is 12.2 Å². The summed E-state index contributed by atoms with van der Waals surface area (Å²) in [4.78, 5) is 3.08. The molecule has 4 nitrogen and oxygen atoms in total. The van der Waals surface area contributed by atoms with Crippen LogP contribution in [0.4, 0.5) is 0 Å². The topological polar surface area (TPSA) is 54.9 Å². The molecule has 1 heterocycles.